The Balaban J connectivity index is 5.19. The summed E-state index contributed by atoms with van der Waals surface area (Å²) in [6, 6.07) is -1.04. The van der Waals surface area contributed by atoms with Gasteiger partial charge in [0.2, 0.25) is 0 Å². The van der Waals surface area contributed by atoms with Gasteiger partial charge in [-0.25, -0.2) is 0 Å². The minimum atomic E-state index is -1.12. The molecule has 0 rings (SSSR count). The molecule has 0 spiro atoms. The molecule has 54 heavy (non-hydrogen) atoms. The lowest BCUT2D eigenvalue weighted by Gasteiger charge is -2.33. The van der Waals surface area contributed by atoms with Crippen LogP contribution in [0, 0.1) is 0 Å². The largest absolute Gasteiger partial charge is 0.464 e. The molecule has 10 heteroatoms. The summed E-state index contributed by atoms with van der Waals surface area (Å²) >= 11 is 0. The zero-order valence-electron chi connectivity index (χ0n) is 35.5. The van der Waals surface area contributed by atoms with Crippen LogP contribution in [-0.4, -0.2) is 60.7 Å². The van der Waals surface area contributed by atoms with Gasteiger partial charge < -0.3 is 24.3 Å². The van der Waals surface area contributed by atoms with E-state index in [4.69, 9.17) is 18.9 Å². The van der Waals surface area contributed by atoms with E-state index in [0.29, 0.717) is 19.3 Å². The quantitative estimate of drug-likeness (QED) is 0.0372. The van der Waals surface area contributed by atoms with Crippen molar-refractivity contribution in [3.8, 4) is 0 Å². The van der Waals surface area contributed by atoms with Crippen molar-refractivity contribution in [3.63, 3.8) is 0 Å². The van der Waals surface area contributed by atoms with E-state index >= 15 is 0 Å². The van der Waals surface area contributed by atoms with Crippen LogP contribution in [0.15, 0.2) is 0 Å². The third-order valence-electron chi connectivity index (χ3n) is 9.94. The van der Waals surface area contributed by atoms with Crippen molar-refractivity contribution < 1.29 is 42.9 Å². The summed E-state index contributed by atoms with van der Waals surface area (Å²) in [5, 5.41) is 2.82. The predicted octanol–water partition coefficient (Wildman–Crippen LogP) is 10.8. The minimum Gasteiger partial charge on any atom is -0.464 e. The van der Waals surface area contributed by atoms with Gasteiger partial charge in [0.1, 0.15) is 18.8 Å². The Labute approximate surface area is 329 Å². The highest BCUT2D eigenvalue weighted by atomic mass is 16.6. The average molecular weight is 768 g/mol. The molecule has 0 bridgehead atoms. The smallest absolute Gasteiger partial charge is 0.303 e. The SMILES string of the molecule is CCCCCCCCCCCCCCCCC(OC(C)=O)C(=O)N[C@@H](COC(C)=O)[C@H](OC(C)=O)[C@@H](CCCCCCCCCCCCCC)OC(C)=O. The molecule has 0 aromatic carbocycles. The van der Waals surface area contributed by atoms with Gasteiger partial charge in [-0.3, -0.25) is 24.0 Å². The molecular weight excluding hydrogens is 686 g/mol. The zero-order valence-corrected chi connectivity index (χ0v) is 35.5. The van der Waals surface area contributed by atoms with Crippen LogP contribution in [0.1, 0.15) is 221 Å². The van der Waals surface area contributed by atoms with Gasteiger partial charge in [-0.2, -0.15) is 0 Å². The molecule has 0 saturated carbocycles. The first-order valence-electron chi connectivity index (χ1n) is 22.0. The van der Waals surface area contributed by atoms with Gasteiger partial charge in [-0.15, -0.1) is 0 Å². The standard InChI is InChI=1S/C44H81NO9/c1-7-9-11-13-15-17-19-21-22-24-26-28-30-32-34-42(53-38(5)48)44(50)45-40(35-51-36(3)46)43(54-39(6)49)41(52-37(4)47)33-31-29-27-25-23-20-18-16-14-12-10-8-2/h40-43H,7-35H2,1-6H3,(H,45,50)/t40-,41+,42?,43-/m0/s1. The molecule has 0 aliphatic rings. The Morgan fingerprint density at radius 3 is 1.13 bits per heavy atom. The maximum absolute atomic E-state index is 13.6. The molecule has 0 aromatic heterocycles. The summed E-state index contributed by atoms with van der Waals surface area (Å²) in [6.07, 6.45) is 28.5. The number of unbranched alkanes of at least 4 members (excludes halogenated alkanes) is 24. The van der Waals surface area contributed by atoms with Crippen LogP contribution in [-0.2, 0) is 42.9 Å². The molecule has 1 N–H and O–H groups in total. The van der Waals surface area contributed by atoms with E-state index in [9.17, 15) is 24.0 Å². The number of hydrogen-bond acceptors (Lipinski definition) is 9. The highest BCUT2D eigenvalue weighted by Crippen LogP contribution is 2.21. The molecule has 0 aromatic rings. The Bertz CT molecular complexity index is 972. The predicted molar refractivity (Wildman–Crippen MR) is 216 cm³/mol. The second kappa shape index (κ2) is 36.0. The number of rotatable bonds is 37. The molecule has 1 unspecified atom stereocenters. The molecule has 0 aliphatic heterocycles. The molecule has 4 atom stereocenters. The maximum atomic E-state index is 13.6. The minimum absolute atomic E-state index is 0.319. The average Bonchev–Trinajstić information content (AvgIpc) is 3.11. The molecule has 1 amide bonds. The second-order valence-corrected chi connectivity index (χ2v) is 15.3. The fourth-order valence-electron chi connectivity index (χ4n) is 6.97. The first-order valence-corrected chi connectivity index (χ1v) is 22.0. The summed E-state index contributed by atoms with van der Waals surface area (Å²) in [7, 11) is 0. The van der Waals surface area contributed by atoms with Gasteiger partial charge in [0.25, 0.3) is 5.91 Å². The van der Waals surface area contributed by atoms with Crippen LogP contribution in [0.5, 0.6) is 0 Å². The molecule has 0 fully saturated rings. The third kappa shape index (κ3) is 31.7. The highest BCUT2D eigenvalue weighted by Gasteiger charge is 2.38. The number of esters is 4. The Kier molecular flexibility index (Phi) is 34.2. The molecule has 316 valence electrons. The third-order valence-corrected chi connectivity index (χ3v) is 9.94. The second-order valence-electron chi connectivity index (χ2n) is 15.3. The Morgan fingerprint density at radius 2 is 0.778 bits per heavy atom. The fourth-order valence-corrected chi connectivity index (χ4v) is 6.97. The molecule has 0 aliphatic carbocycles. The van der Waals surface area contributed by atoms with Crippen molar-refractivity contribution in [1.29, 1.82) is 0 Å². The lowest BCUT2D eigenvalue weighted by atomic mass is 9.98. The lowest BCUT2D eigenvalue weighted by molar-refractivity contribution is -0.172. The number of nitrogens with one attached hydrogen (secondary N) is 1. The van der Waals surface area contributed by atoms with E-state index < -0.39 is 54.1 Å². The first kappa shape index (κ1) is 51.4. The summed E-state index contributed by atoms with van der Waals surface area (Å²) in [6.45, 7) is 9.18. The van der Waals surface area contributed by atoms with Gasteiger partial charge in [0.15, 0.2) is 12.2 Å². The number of ether oxygens (including phenoxy) is 4. The van der Waals surface area contributed by atoms with Crippen LogP contribution in [0.2, 0.25) is 0 Å². The van der Waals surface area contributed by atoms with Crippen LogP contribution in [0.25, 0.3) is 0 Å². The molecule has 0 radical (unpaired) electrons. The monoisotopic (exact) mass is 768 g/mol. The van der Waals surface area contributed by atoms with E-state index in [1.165, 1.54) is 143 Å². The number of carbonyl (C=O) groups is 5. The Morgan fingerprint density at radius 1 is 0.426 bits per heavy atom. The van der Waals surface area contributed by atoms with Crippen LogP contribution in [0.4, 0.5) is 0 Å². The van der Waals surface area contributed by atoms with Gasteiger partial charge in [-0.1, -0.05) is 168 Å². The number of hydrogen-bond donors (Lipinski definition) is 1. The van der Waals surface area contributed by atoms with Gasteiger partial charge in [0, 0.05) is 27.7 Å². The highest BCUT2D eigenvalue weighted by molar-refractivity contribution is 5.83. The van der Waals surface area contributed by atoms with Gasteiger partial charge >= 0.3 is 23.9 Å². The molecule has 0 saturated heterocycles. The maximum Gasteiger partial charge on any atom is 0.303 e. The molecular formula is C44H81NO9. The van der Waals surface area contributed by atoms with E-state index in [0.717, 1.165) is 44.9 Å². The summed E-state index contributed by atoms with van der Waals surface area (Å²) in [5.74, 6) is -2.93. The van der Waals surface area contributed by atoms with Crippen molar-refractivity contribution in [2.75, 3.05) is 6.61 Å². The topological polar surface area (TPSA) is 134 Å². The van der Waals surface area contributed by atoms with E-state index in [1.807, 2.05) is 0 Å². The van der Waals surface area contributed by atoms with Gasteiger partial charge in [-0.05, 0) is 25.7 Å². The van der Waals surface area contributed by atoms with Crippen molar-refractivity contribution in [2.24, 2.45) is 0 Å². The Hall–Kier alpha value is -2.65. The number of carbonyl (C=O) groups excluding carboxylic acids is 5. The summed E-state index contributed by atoms with van der Waals surface area (Å²) in [4.78, 5) is 62.1. The van der Waals surface area contributed by atoms with Crippen molar-refractivity contribution in [2.45, 2.75) is 246 Å². The number of amides is 1. The van der Waals surface area contributed by atoms with Crippen LogP contribution >= 0.6 is 0 Å². The lowest BCUT2D eigenvalue weighted by Crippen LogP contribution is -2.56. The summed E-state index contributed by atoms with van der Waals surface area (Å²) < 4.78 is 22.1. The van der Waals surface area contributed by atoms with Crippen molar-refractivity contribution >= 4 is 29.8 Å². The molecule has 0 heterocycles. The first-order chi connectivity index (χ1) is 26.0. The van der Waals surface area contributed by atoms with E-state index in [1.54, 1.807) is 0 Å². The molecule has 10 nitrogen and oxygen atoms in total. The van der Waals surface area contributed by atoms with E-state index in [2.05, 4.69) is 19.2 Å². The van der Waals surface area contributed by atoms with Crippen LogP contribution in [0.3, 0.4) is 0 Å². The normalized spacial score (nSPS) is 13.4. The van der Waals surface area contributed by atoms with Crippen molar-refractivity contribution in [3.05, 3.63) is 0 Å². The van der Waals surface area contributed by atoms with Crippen LogP contribution < -0.4 is 5.32 Å². The summed E-state index contributed by atoms with van der Waals surface area (Å²) in [5.41, 5.74) is 0. The van der Waals surface area contributed by atoms with Gasteiger partial charge in [0.05, 0.1) is 0 Å². The van der Waals surface area contributed by atoms with E-state index in [-0.39, 0.29) is 6.61 Å². The zero-order chi connectivity index (χ0) is 40.2. The van der Waals surface area contributed by atoms with Crippen molar-refractivity contribution in [1.82, 2.24) is 5.32 Å². The fraction of sp³-hybridized carbons (Fsp3) is 0.886.